The maximum atomic E-state index is 13.5. The van der Waals surface area contributed by atoms with Gasteiger partial charge in [-0.05, 0) is 86.1 Å². The van der Waals surface area contributed by atoms with Crippen LogP contribution >= 0.6 is 15.9 Å². The summed E-state index contributed by atoms with van der Waals surface area (Å²) in [6, 6.07) is 13.5. The zero-order chi connectivity index (χ0) is 17.6. The number of nitrogens with zero attached hydrogens (tertiary/aromatic N) is 1. The standard InChI is InChI=1S/C21H25BrFNO/c1-25-21-4-2-3-16(14-21)5-8-24-9-6-17(7-10-24)11-18-12-19(22)15-20(23)13-18/h2-4,12-15,17H,5-11H2,1H3. The number of hydrogen-bond acceptors (Lipinski definition) is 2. The Kier molecular flexibility index (Phi) is 6.49. The molecule has 0 unspecified atom stereocenters. The van der Waals surface area contributed by atoms with Gasteiger partial charge in [-0.25, -0.2) is 4.39 Å². The minimum atomic E-state index is -0.153. The lowest BCUT2D eigenvalue weighted by molar-refractivity contribution is 0.186. The number of ether oxygens (including phenoxy) is 1. The van der Waals surface area contributed by atoms with Gasteiger partial charge < -0.3 is 9.64 Å². The van der Waals surface area contributed by atoms with Crippen molar-refractivity contribution in [3.8, 4) is 5.75 Å². The largest absolute Gasteiger partial charge is 0.497 e. The molecule has 2 nitrogen and oxygen atoms in total. The molecule has 1 saturated heterocycles. The van der Waals surface area contributed by atoms with E-state index < -0.39 is 0 Å². The first-order valence-electron chi connectivity index (χ1n) is 8.92. The van der Waals surface area contributed by atoms with Gasteiger partial charge in [-0.2, -0.15) is 0 Å². The zero-order valence-corrected chi connectivity index (χ0v) is 16.3. The van der Waals surface area contributed by atoms with Crippen LogP contribution in [0.3, 0.4) is 0 Å². The number of piperidine rings is 1. The molecule has 0 aliphatic carbocycles. The van der Waals surface area contributed by atoms with Crippen molar-refractivity contribution in [1.82, 2.24) is 4.90 Å². The Morgan fingerprint density at radius 1 is 1.12 bits per heavy atom. The predicted octanol–water partition coefficient (Wildman–Crippen LogP) is 5.09. The Bertz CT molecular complexity index is 678. The molecule has 1 aliphatic rings. The molecule has 2 aromatic carbocycles. The fourth-order valence-corrected chi connectivity index (χ4v) is 4.10. The van der Waals surface area contributed by atoms with Crippen LogP contribution in [0.2, 0.25) is 0 Å². The quantitative estimate of drug-likeness (QED) is 0.662. The van der Waals surface area contributed by atoms with Crippen molar-refractivity contribution in [3.05, 3.63) is 63.9 Å². The van der Waals surface area contributed by atoms with Gasteiger partial charge in [0.25, 0.3) is 0 Å². The molecule has 0 atom stereocenters. The molecule has 0 bridgehead atoms. The highest BCUT2D eigenvalue weighted by Crippen LogP contribution is 2.24. The van der Waals surface area contributed by atoms with E-state index in [0.29, 0.717) is 5.92 Å². The molecule has 2 aromatic rings. The van der Waals surface area contributed by atoms with E-state index in [2.05, 4.69) is 39.0 Å². The smallest absolute Gasteiger partial charge is 0.124 e. The van der Waals surface area contributed by atoms with E-state index in [4.69, 9.17) is 4.74 Å². The lowest BCUT2D eigenvalue weighted by Gasteiger charge is -2.32. The average molecular weight is 406 g/mol. The average Bonchev–Trinajstić information content (AvgIpc) is 2.60. The Hall–Kier alpha value is -1.39. The molecule has 1 aliphatic heterocycles. The fourth-order valence-electron chi connectivity index (χ4n) is 3.59. The summed E-state index contributed by atoms with van der Waals surface area (Å²) in [6.07, 6.45) is 4.40. The maximum absolute atomic E-state index is 13.5. The van der Waals surface area contributed by atoms with Crippen molar-refractivity contribution in [2.45, 2.75) is 25.7 Å². The Balaban J connectivity index is 1.45. The van der Waals surface area contributed by atoms with E-state index in [1.165, 1.54) is 24.5 Å². The number of halogens is 2. The third-order valence-electron chi connectivity index (χ3n) is 5.00. The third kappa shape index (κ3) is 5.55. The lowest BCUT2D eigenvalue weighted by atomic mass is 9.90. The Morgan fingerprint density at radius 3 is 2.64 bits per heavy atom. The summed E-state index contributed by atoms with van der Waals surface area (Å²) in [5.74, 6) is 1.43. The van der Waals surface area contributed by atoms with Crippen LogP contribution in [-0.4, -0.2) is 31.6 Å². The van der Waals surface area contributed by atoms with Gasteiger partial charge in [0.2, 0.25) is 0 Å². The third-order valence-corrected chi connectivity index (χ3v) is 5.46. The first-order chi connectivity index (χ1) is 12.1. The summed E-state index contributed by atoms with van der Waals surface area (Å²) in [4.78, 5) is 2.54. The number of hydrogen-bond donors (Lipinski definition) is 0. The topological polar surface area (TPSA) is 12.5 Å². The van der Waals surface area contributed by atoms with Crippen LogP contribution in [0, 0.1) is 11.7 Å². The highest BCUT2D eigenvalue weighted by Gasteiger charge is 2.19. The second-order valence-electron chi connectivity index (χ2n) is 6.87. The molecule has 0 amide bonds. The minimum Gasteiger partial charge on any atom is -0.497 e. The molecule has 0 radical (unpaired) electrons. The van der Waals surface area contributed by atoms with Gasteiger partial charge in [-0.15, -0.1) is 0 Å². The van der Waals surface area contributed by atoms with Crippen LogP contribution in [0.1, 0.15) is 24.0 Å². The van der Waals surface area contributed by atoms with Crippen LogP contribution in [0.5, 0.6) is 5.75 Å². The number of likely N-dealkylation sites (tertiary alicyclic amines) is 1. The van der Waals surface area contributed by atoms with Gasteiger partial charge >= 0.3 is 0 Å². The molecule has 134 valence electrons. The number of benzene rings is 2. The van der Waals surface area contributed by atoms with Crippen LogP contribution in [0.4, 0.5) is 4.39 Å². The molecule has 0 saturated carbocycles. The molecule has 3 rings (SSSR count). The molecule has 0 N–H and O–H groups in total. The zero-order valence-electron chi connectivity index (χ0n) is 14.7. The molecule has 0 aromatic heterocycles. The molecule has 1 heterocycles. The van der Waals surface area contributed by atoms with E-state index >= 15 is 0 Å². The molecule has 1 fully saturated rings. The first kappa shape index (κ1) is 18.4. The fraction of sp³-hybridized carbons (Fsp3) is 0.429. The molecule has 25 heavy (non-hydrogen) atoms. The van der Waals surface area contributed by atoms with Crippen LogP contribution < -0.4 is 4.74 Å². The van der Waals surface area contributed by atoms with Gasteiger partial charge in [0.05, 0.1) is 7.11 Å². The second kappa shape index (κ2) is 8.81. The van der Waals surface area contributed by atoms with Crippen molar-refractivity contribution >= 4 is 15.9 Å². The summed E-state index contributed by atoms with van der Waals surface area (Å²) in [5.41, 5.74) is 2.42. The molecule has 0 spiro atoms. The van der Waals surface area contributed by atoms with Crippen molar-refractivity contribution in [1.29, 1.82) is 0 Å². The van der Waals surface area contributed by atoms with Gasteiger partial charge in [-0.1, -0.05) is 28.1 Å². The summed E-state index contributed by atoms with van der Waals surface area (Å²) >= 11 is 3.38. The van der Waals surface area contributed by atoms with Crippen molar-refractivity contribution in [3.63, 3.8) is 0 Å². The van der Waals surface area contributed by atoms with E-state index in [-0.39, 0.29) is 5.82 Å². The first-order valence-corrected chi connectivity index (χ1v) is 9.72. The number of rotatable bonds is 6. The Morgan fingerprint density at radius 2 is 1.92 bits per heavy atom. The predicted molar refractivity (Wildman–Crippen MR) is 104 cm³/mol. The molecule has 4 heteroatoms. The Labute approximate surface area is 158 Å². The van der Waals surface area contributed by atoms with E-state index in [1.54, 1.807) is 13.2 Å². The summed E-state index contributed by atoms with van der Waals surface area (Å²) in [6.45, 7) is 3.35. The van der Waals surface area contributed by atoms with Gasteiger partial charge in [0, 0.05) is 11.0 Å². The summed E-state index contributed by atoms with van der Waals surface area (Å²) in [5, 5.41) is 0. The van der Waals surface area contributed by atoms with Gasteiger partial charge in [-0.3, -0.25) is 0 Å². The van der Waals surface area contributed by atoms with E-state index in [9.17, 15) is 4.39 Å². The lowest BCUT2D eigenvalue weighted by Crippen LogP contribution is -2.35. The minimum absolute atomic E-state index is 0.153. The maximum Gasteiger partial charge on any atom is 0.124 e. The van der Waals surface area contributed by atoms with E-state index in [1.807, 2.05) is 12.1 Å². The van der Waals surface area contributed by atoms with Crippen molar-refractivity contribution in [2.24, 2.45) is 5.92 Å². The second-order valence-corrected chi connectivity index (χ2v) is 7.78. The summed E-state index contributed by atoms with van der Waals surface area (Å²) < 4.78 is 19.6. The van der Waals surface area contributed by atoms with Crippen LogP contribution in [-0.2, 0) is 12.8 Å². The van der Waals surface area contributed by atoms with Gasteiger partial charge in [0.15, 0.2) is 0 Å². The SMILES string of the molecule is COc1cccc(CCN2CCC(Cc3cc(F)cc(Br)c3)CC2)c1. The van der Waals surface area contributed by atoms with Crippen LogP contribution in [0.25, 0.3) is 0 Å². The van der Waals surface area contributed by atoms with Gasteiger partial charge in [0.1, 0.15) is 11.6 Å². The monoisotopic (exact) mass is 405 g/mol. The molecular formula is C21H25BrFNO. The summed E-state index contributed by atoms with van der Waals surface area (Å²) in [7, 11) is 1.71. The molecular weight excluding hydrogens is 381 g/mol. The van der Waals surface area contributed by atoms with Crippen molar-refractivity contribution < 1.29 is 9.13 Å². The van der Waals surface area contributed by atoms with E-state index in [0.717, 1.165) is 48.3 Å². The highest BCUT2D eigenvalue weighted by atomic mass is 79.9. The highest BCUT2D eigenvalue weighted by molar-refractivity contribution is 9.10. The van der Waals surface area contributed by atoms with Crippen LogP contribution in [0.15, 0.2) is 46.9 Å². The normalized spacial score (nSPS) is 16.1. The number of methoxy groups -OCH3 is 1. The van der Waals surface area contributed by atoms with Crippen molar-refractivity contribution in [2.75, 3.05) is 26.7 Å².